The smallest absolute Gasteiger partial charge is 0.235 e. The van der Waals surface area contributed by atoms with E-state index in [0.29, 0.717) is 6.54 Å². The van der Waals surface area contributed by atoms with E-state index in [1.807, 2.05) is 6.92 Å². The van der Waals surface area contributed by atoms with Crippen LogP contribution in [0.2, 0.25) is 0 Å². The lowest BCUT2D eigenvalue weighted by Gasteiger charge is -2.36. The summed E-state index contributed by atoms with van der Waals surface area (Å²) in [6, 6.07) is 0. The van der Waals surface area contributed by atoms with Gasteiger partial charge in [0, 0.05) is 17.9 Å². The number of piperidine rings is 1. The normalized spacial score (nSPS) is 29.2. The molecule has 0 aliphatic carbocycles. The van der Waals surface area contributed by atoms with Gasteiger partial charge in [-0.25, -0.2) is 0 Å². The van der Waals surface area contributed by atoms with Crippen LogP contribution in [0.5, 0.6) is 0 Å². The third-order valence-electron chi connectivity index (χ3n) is 2.55. The maximum absolute atomic E-state index is 11.8. The van der Waals surface area contributed by atoms with Gasteiger partial charge in [0.15, 0.2) is 0 Å². The van der Waals surface area contributed by atoms with Gasteiger partial charge in [-0.05, 0) is 19.8 Å². The van der Waals surface area contributed by atoms with Crippen LogP contribution < -0.4 is 0 Å². The number of carbonyl (C=O) groups is 2. The highest BCUT2D eigenvalue weighted by molar-refractivity contribution is 14.1. The highest BCUT2D eigenvalue weighted by Crippen LogP contribution is 2.32. The van der Waals surface area contributed by atoms with Gasteiger partial charge in [-0.15, -0.1) is 0 Å². The SMILES string of the molecule is CC(=O)N1CCCC(C)(CI)C1=O. The van der Waals surface area contributed by atoms with E-state index in [1.54, 1.807) is 0 Å². The molecule has 1 atom stereocenters. The Kier molecular flexibility index (Phi) is 3.32. The molecule has 1 fully saturated rings. The van der Waals surface area contributed by atoms with Crippen molar-refractivity contribution in [1.82, 2.24) is 4.90 Å². The minimum Gasteiger partial charge on any atom is -0.282 e. The van der Waals surface area contributed by atoms with E-state index in [9.17, 15) is 9.59 Å². The molecule has 13 heavy (non-hydrogen) atoms. The third kappa shape index (κ3) is 2.03. The predicted octanol–water partition coefficient (Wildman–Crippen LogP) is 1.60. The van der Waals surface area contributed by atoms with E-state index in [4.69, 9.17) is 0 Å². The number of imide groups is 1. The van der Waals surface area contributed by atoms with Crippen LogP contribution in [0.1, 0.15) is 26.7 Å². The Labute approximate surface area is 92.0 Å². The van der Waals surface area contributed by atoms with Gasteiger partial charge in [0.25, 0.3) is 0 Å². The van der Waals surface area contributed by atoms with Gasteiger partial charge in [-0.3, -0.25) is 14.5 Å². The molecule has 0 spiro atoms. The maximum Gasteiger partial charge on any atom is 0.235 e. The monoisotopic (exact) mass is 295 g/mol. The molecule has 1 aliphatic rings. The van der Waals surface area contributed by atoms with Gasteiger partial charge in [0.1, 0.15) is 0 Å². The van der Waals surface area contributed by atoms with E-state index in [0.717, 1.165) is 17.3 Å². The molecule has 1 unspecified atom stereocenters. The number of amides is 2. The summed E-state index contributed by atoms with van der Waals surface area (Å²) < 4.78 is 0.785. The number of halogens is 1. The summed E-state index contributed by atoms with van der Waals surface area (Å²) >= 11 is 2.21. The first-order chi connectivity index (χ1) is 6.01. The third-order valence-corrected chi connectivity index (χ3v) is 4.23. The van der Waals surface area contributed by atoms with Crippen molar-refractivity contribution < 1.29 is 9.59 Å². The molecule has 0 radical (unpaired) electrons. The van der Waals surface area contributed by atoms with E-state index in [1.165, 1.54) is 11.8 Å². The highest BCUT2D eigenvalue weighted by Gasteiger charge is 2.40. The maximum atomic E-state index is 11.8. The van der Waals surface area contributed by atoms with Gasteiger partial charge in [0.2, 0.25) is 11.8 Å². The largest absolute Gasteiger partial charge is 0.282 e. The molecular weight excluding hydrogens is 281 g/mol. The van der Waals surface area contributed by atoms with Crippen LogP contribution in [0.3, 0.4) is 0 Å². The summed E-state index contributed by atoms with van der Waals surface area (Å²) in [5.74, 6) is -0.124. The van der Waals surface area contributed by atoms with Crippen LogP contribution in [0.25, 0.3) is 0 Å². The molecule has 0 saturated carbocycles. The molecule has 0 aromatic heterocycles. The fourth-order valence-electron chi connectivity index (χ4n) is 1.59. The Bertz CT molecular complexity index is 242. The van der Waals surface area contributed by atoms with E-state index < -0.39 is 0 Å². The van der Waals surface area contributed by atoms with Crippen LogP contribution in [0.4, 0.5) is 0 Å². The predicted molar refractivity (Wildman–Crippen MR) is 58.6 cm³/mol. The van der Waals surface area contributed by atoms with Crippen molar-refractivity contribution >= 4 is 34.4 Å². The van der Waals surface area contributed by atoms with E-state index in [2.05, 4.69) is 22.6 Å². The molecule has 0 aromatic rings. The number of nitrogens with zero attached hydrogens (tertiary/aromatic N) is 1. The molecule has 1 heterocycles. The molecule has 0 bridgehead atoms. The van der Waals surface area contributed by atoms with Crippen molar-refractivity contribution in [3.8, 4) is 0 Å². The second-order valence-corrected chi connectivity index (χ2v) is 4.54. The summed E-state index contributed by atoms with van der Waals surface area (Å²) in [5, 5.41) is 0. The van der Waals surface area contributed by atoms with Crippen molar-refractivity contribution in [3.05, 3.63) is 0 Å². The Morgan fingerprint density at radius 2 is 2.31 bits per heavy atom. The Morgan fingerprint density at radius 1 is 1.69 bits per heavy atom. The Morgan fingerprint density at radius 3 is 2.77 bits per heavy atom. The summed E-state index contributed by atoms with van der Waals surface area (Å²) in [6.45, 7) is 3.99. The fraction of sp³-hybridized carbons (Fsp3) is 0.778. The highest BCUT2D eigenvalue weighted by atomic mass is 127. The number of likely N-dealkylation sites (tertiary alicyclic amines) is 1. The van der Waals surface area contributed by atoms with Crippen LogP contribution >= 0.6 is 22.6 Å². The molecule has 1 aliphatic heterocycles. The van der Waals surface area contributed by atoms with Gasteiger partial charge >= 0.3 is 0 Å². The number of rotatable bonds is 1. The summed E-state index contributed by atoms with van der Waals surface area (Å²) in [4.78, 5) is 24.3. The van der Waals surface area contributed by atoms with Crippen molar-refractivity contribution in [3.63, 3.8) is 0 Å². The second-order valence-electron chi connectivity index (χ2n) is 3.77. The number of carbonyl (C=O) groups excluding carboxylic acids is 2. The first-order valence-corrected chi connectivity index (χ1v) is 5.92. The lowest BCUT2D eigenvalue weighted by molar-refractivity contribution is -0.152. The zero-order chi connectivity index (χ0) is 10.1. The van der Waals surface area contributed by atoms with Gasteiger partial charge in [0.05, 0.1) is 5.41 Å². The Hall–Kier alpha value is -0.130. The van der Waals surface area contributed by atoms with Crippen LogP contribution in [-0.2, 0) is 9.59 Å². The van der Waals surface area contributed by atoms with Gasteiger partial charge in [-0.1, -0.05) is 22.6 Å². The number of hydrogen-bond acceptors (Lipinski definition) is 2. The molecule has 0 N–H and O–H groups in total. The molecule has 1 saturated heterocycles. The van der Waals surface area contributed by atoms with Crippen molar-refractivity contribution in [1.29, 1.82) is 0 Å². The molecule has 74 valence electrons. The molecule has 3 nitrogen and oxygen atoms in total. The standard InChI is InChI=1S/C9H14INO2/c1-7(12)11-5-3-4-9(2,6-10)8(11)13/h3-6H2,1-2H3. The summed E-state index contributed by atoms with van der Waals surface area (Å²) in [5.41, 5.74) is -0.315. The molecule has 4 heteroatoms. The lowest BCUT2D eigenvalue weighted by atomic mass is 9.83. The van der Waals surface area contributed by atoms with E-state index >= 15 is 0 Å². The van der Waals surface area contributed by atoms with Crippen molar-refractivity contribution in [2.24, 2.45) is 5.41 Å². The summed E-state index contributed by atoms with van der Waals surface area (Å²) in [7, 11) is 0. The fourth-order valence-corrected chi connectivity index (χ4v) is 2.29. The van der Waals surface area contributed by atoms with Crippen LogP contribution in [0, 0.1) is 5.41 Å². The first-order valence-electron chi connectivity index (χ1n) is 4.40. The van der Waals surface area contributed by atoms with E-state index in [-0.39, 0.29) is 17.2 Å². The quantitative estimate of drug-likeness (QED) is 0.544. The summed E-state index contributed by atoms with van der Waals surface area (Å²) in [6.07, 6.45) is 1.84. The number of hydrogen-bond donors (Lipinski definition) is 0. The van der Waals surface area contributed by atoms with Crippen LogP contribution in [-0.4, -0.2) is 27.7 Å². The molecule has 1 rings (SSSR count). The van der Waals surface area contributed by atoms with Gasteiger partial charge in [-0.2, -0.15) is 0 Å². The molecule has 0 aromatic carbocycles. The second kappa shape index (κ2) is 3.94. The topological polar surface area (TPSA) is 37.4 Å². The number of alkyl halides is 1. The zero-order valence-electron chi connectivity index (χ0n) is 7.97. The molecular formula is C9H14INO2. The zero-order valence-corrected chi connectivity index (χ0v) is 10.1. The average Bonchev–Trinajstić information content (AvgIpc) is 2.09. The van der Waals surface area contributed by atoms with Crippen molar-refractivity contribution in [2.75, 3.05) is 11.0 Å². The molecule has 2 amide bonds. The average molecular weight is 295 g/mol. The minimum absolute atomic E-state index is 0.000602. The minimum atomic E-state index is -0.315. The van der Waals surface area contributed by atoms with Crippen LogP contribution in [0.15, 0.2) is 0 Å². The van der Waals surface area contributed by atoms with Crippen molar-refractivity contribution in [2.45, 2.75) is 26.7 Å². The first kappa shape index (κ1) is 10.9. The van der Waals surface area contributed by atoms with Gasteiger partial charge < -0.3 is 0 Å². The Balaban J connectivity index is 2.83. The lowest BCUT2D eigenvalue weighted by Crippen LogP contribution is -2.50.